The number of carbonyl (C=O) groups is 2. The number of hydrogen-bond acceptors (Lipinski definition) is 6. The molecule has 1 fully saturated rings. The number of carbonyl (C=O) groups excluding carboxylic acids is 2. The van der Waals surface area contributed by atoms with Crippen molar-refractivity contribution in [2.24, 2.45) is 11.7 Å². The van der Waals surface area contributed by atoms with Crippen molar-refractivity contribution in [3.8, 4) is 0 Å². The molecule has 152 valence electrons. The van der Waals surface area contributed by atoms with Crippen molar-refractivity contribution in [1.82, 2.24) is 10.3 Å². The zero-order valence-electron chi connectivity index (χ0n) is 16.7. The van der Waals surface area contributed by atoms with Crippen LogP contribution < -0.4 is 16.0 Å². The summed E-state index contributed by atoms with van der Waals surface area (Å²) < 4.78 is 6.28. The lowest BCUT2D eigenvalue weighted by atomic mass is 9.93. The monoisotopic (exact) mass is 404 g/mol. The Morgan fingerprint density at radius 2 is 2.07 bits per heavy atom. The van der Waals surface area contributed by atoms with Crippen LogP contribution in [0.2, 0.25) is 0 Å². The molecule has 2 aromatic rings. The van der Waals surface area contributed by atoms with E-state index >= 15 is 0 Å². The molecule has 3 heterocycles. The lowest BCUT2D eigenvalue weighted by Crippen LogP contribution is -2.36. The lowest BCUT2D eigenvalue weighted by molar-refractivity contribution is 0.0524. The van der Waals surface area contributed by atoms with E-state index in [0.717, 1.165) is 48.3 Å². The predicted octanol–water partition coefficient (Wildman–Crippen LogP) is 3.53. The van der Waals surface area contributed by atoms with Gasteiger partial charge in [-0.2, -0.15) is 0 Å². The molecule has 3 rings (SSSR count). The molecular weight excluding hydrogens is 376 g/mol. The first-order chi connectivity index (χ1) is 13.2. The van der Waals surface area contributed by atoms with Gasteiger partial charge in [-0.25, -0.2) is 4.79 Å². The summed E-state index contributed by atoms with van der Waals surface area (Å²) in [5.41, 5.74) is 6.88. The molecule has 3 N–H and O–H groups in total. The topological polar surface area (TPSA) is 97.6 Å². The van der Waals surface area contributed by atoms with Gasteiger partial charge >= 0.3 is 6.09 Å². The van der Waals surface area contributed by atoms with Crippen molar-refractivity contribution in [3.05, 3.63) is 23.2 Å². The molecule has 0 aromatic carbocycles. The number of hydrogen-bond donors (Lipinski definition) is 2. The maximum atomic E-state index is 11.7. The lowest BCUT2D eigenvalue weighted by Gasteiger charge is -2.34. The van der Waals surface area contributed by atoms with Crippen molar-refractivity contribution in [2.45, 2.75) is 45.6 Å². The maximum absolute atomic E-state index is 11.7. The molecule has 1 aliphatic heterocycles. The van der Waals surface area contributed by atoms with Crippen LogP contribution in [-0.2, 0) is 4.74 Å². The summed E-state index contributed by atoms with van der Waals surface area (Å²) in [5, 5.41) is 2.84. The number of thiophene rings is 1. The zero-order chi connectivity index (χ0) is 20.3. The number of primary amides is 1. The fourth-order valence-electron chi connectivity index (χ4n) is 3.45. The number of amides is 2. The average Bonchev–Trinajstić information content (AvgIpc) is 3.05. The first-order valence-electron chi connectivity index (χ1n) is 9.63. The van der Waals surface area contributed by atoms with Crippen LogP contribution in [0.1, 0.15) is 49.7 Å². The van der Waals surface area contributed by atoms with Gasteiger partial charge in [-0.3, -0.25) is 9.78 Å². The number of anilines is 1. The number of alkyl carbamates (subject to hydrolysis) is 1. The highest BCUT2D eigenvalue weighted by atomic mass is 32.1. The summed E-state index contributed by atoms with van der Waals surface area (Å²) in [5.74, 6) is 0.165. The smallest absolute Gasteiger partial charge is 0.407 e. The quantitative estimate of drug-likeness (QED) is 0.794. The minimum atomic E-state index is -0.471. The highest BCUT2D eigenvalue weighted by Crippen LogP contribution is 2.35. The Labute approximate surface area is 169 Å². The molecule has 0 unspecified atom stereocenters. The van der Waals surface area contributed by atoms with Crippen molar-refractivity contribution >= 4 is 39.2 Å². The maximum Gasteiger partial charge on any atom is 0.407 e. The fourth-order valence-corrected chi connectivity index (χ4v) is 4.46. The van der Waals surface area contributed by atoms with E-state index in [4.69, 9.17) is 10.5 Å². The number of aromatic nitrogens is 1. The second kappa shape index (κ2) is 8.34. The molecule has 28 heavy (non-hydrogen) atoms. The molecule has 0 aliphatic carbocycles. The van der Waals surface area contributed by atoms with E-state index in [1.165, 1.54) is 11.3 Å². The Bertz CT molecular complexity index is 851. The normalized spacial score (nSPS) is 15.6. The second-order valence-corrected chi connectivity index (χ2v) is 9.22. The van der Waals surface area contributed by atoms with Crippen molar-refractivity contribution in [3.63, 3.8) is 0 Å². The Balaban J connectivity index is 1.52. The van der Waals surface area contributed by atoms with Crippen LogP contribution in [0.4, 0.5) is 10.5 Å². The highest BCUT2D eigenvalue weighted by molar-refractivity contribution is 7.21. The van der Waals surface area contributed by atoms with Gasteiger partial charge in [0, 0.05) is 25.8 Å². The van der Waals surface area contributed by atoms with E-state index in [2.05, 4.69) is 15.2 Å². The van der Waals surface area contributed by atoms with Gasteiger partial charge in [-0.15, -0.1) is 11.3 Å². The molecule has 0 bridgehead atoms. The molecule has 0 radical (unpaired) electrons. The molecule has 1 aliphatic rings. The van der Waals surface area contributed by atoms with E-state index in [-0.39, 0.29) is 6.09 Å². The van der Waals surface area contributed by atoms with Gasteiger partial charge in [0.25, 0.3) is 5.91 Å². The van der Waals surface area contributed by atoms with Gasteiger partial charge in [0.2, 0.25) is 0 Å². The van der Waals surface area contributed by atoms with Crippen molar-refractivity contribution < 1.29 is 14.3 Å². The molecule has 2 amide bonds. The van der Waals surface area contributed by atoms with Crippen LogP contribution in [0, 0.1) is 5.92 Å². The first kappa shape index (κ1) is 20.4. The van der Waals surface area contributed by atoms with Gasteiger partial charge < -0.3 is 20.7 Å². The van der Waals surface area contributed by atoms with E-state index in [1.807, 2.05) is 26.8 Å². The average molecular weight is 405 g/mol. The van der Waals surface area contributed by atoms with Crippen molar-refractivity contribution in [2.75, 3.05) is 24.5 Å². The number of rotatable bonds is 5. The zero-order valence-corrected chi connectivity index (χ0v) is 17.5. The van der Waals surface area contributed by atoms with Crippen molar-refractivity contribution in [1.29, 1.82) is 0 Å². The van der Waals surface area contributed by atoms with Gasteiger partial charge in [0.15, 0.2) is 0 Å². The number of nitrogens with two attached hydrogens (primary N) is 1. The van der Waals surface area contributed by atoms with Crippen LogP contribution in [0.3, 0.4) is 0 Å². The number of piperidine rings is 1. The summed E-state index contributed by atoms with van der Waals surface area (Å²) in [6.45, 7) is 8.10. The molecule has 7 nitrogen and oxygen atoms in total. The number of pyridine rings is 1. The van der Waals surface area contributed by atoms with Crippen LogP contribution in [0.5, 0.6) is 0 Å². The standard InChI is InChI=1S/C20H28N4O3S/c1-20(2,3)27-19(26)23-8-4-13-6-10-24(11-7-13)15-5-9-22-14-12-16(18(21)25)28-17(14)15/h5,9,12-13H,4,6-8,10-11H2,1-3H3,(H2,21,25)(H,23,26). The molecule has 0 saturated carbocycles. The third kappa shape index (κ3) is 5.13. The van der Waals surface area contributed by atoms with E-state index in [0.29, 0.717) is 17.3 Å². The van der Waals surface area contributed by atoms with Gasteiger partial charge in [0.05, 0.1) is 20.8 Å². The summed E-state index contributed by atoms with van der Waals surface area (Å²) in [7, 11) is 0. The largest absolute Gasteiger partial charge is 0.444 e. The molecular formula is C20H28N4O3S. The summed E-state index contributed by atoms with van der Waals surface area (Å²) in [4.78, 5) is 30.5. The number of ether oxygens (including phenoxy) is 1. The van der Waals surface area contributed by atoms with Crippen LogP contribution in [0.15, 0.2) is 18.3 Å². The summed E-state index contributed by atoms with van der Waals surface area (Å²) in [6, 6.07) is 3.77. The van der Waals surface area contributed by atoms with Gasteiger partial charge in [-0.05, 0) is 58.1 Å². The minimum Gasteiger partial charge on any atom is -0.444 e. The highest BCUT2D eigenvalue weighted by Gasteiger charge is 2.22. The number of fused-ring (bicyclic) bond motifs is 1. The van der Waals surface area contributed by atoms with E-state index in [9.17, 15) is 9.59 Å². The Hall–Kier alpha value is -2.35. The third-order valence-electron chi connectivity index (χ3n) is 4.81. The summed E-state index contributed by atoms with van der Waals surface area (Å²) in [6.07, 6.45) is 4.50. The minimum absolute atomic E-state index is 0.355. The molecule has 2 aromatic heterocycles. The number of nitrogens with zero attached hydrogens (tertiary/aromatic N) is 2. The fraction of sp³-hybridized carbons (Fsp3) is 0.550. The Morgan fingerprint density at radius 1 is 1.36 bits per heavy atom. The molecule has 1 saturated heterocycles. The SMILES string of the molecule is CC(C)(C)OC(=O)NCCC1CCN(c2ccnc3cc(C(N)=O)sc23)CC1. The first-order valence-corrected chi connectivity index (χ1v) is 10.4. The second-order valence-electron chi connectivity index (χ2n) is 8.17. The Kier molecular flexibility index (Phi) is 6.07. The van der Waals surface area contributed by atoms with Gasteiger partial charge in [0.1, 0.15) is 5.60 Å². The third-order valence-corrected chi connectivity index (χ3v) is 5.97. The van der Waals surface area contributed by atoms with Crippen LogP contribution >= 0.6 is 11.3 Å². The van der Waals surface area contributed by atoms with E-state index < -0.39 is 11.5 Å². The Morgan fingerprint density at radius 3 is 2.71 bits per heavy atom. The van der Waals surface area contributed by atoms with Gasteiger partial charge in [-0.1, -0.05) is 0 Å². The summed E-state index contributed by atoms with van der Waals surface area (Å²) >= 11 is 1.41. The molecule has 0 atom stereocenters. The van der Waals surface area contributed by atoms with Crippen LogP contribution in [0.25, 0.3) is 10.2 Å². The van der Waals surface area contributed by atoms with Crippen LogP contribution in [-0.4, -0.2) is 42.2 Å². The number of nitrogens with one attached hydrogen (secondary N) is 1. The predicted molar refractivity (Wildman–Crippen MR) is 112 cm³/mol. The van der Waals surface area contributed by atoms with E-state index in [1.54, 1.807) is 12.3 Å². The molecule has 8 heteroatoms. The molecule has 0 spiro atoms.